The smallest absolute Gasteiger partial charge is 0.263 e. The van der Waals surface area contributed by atoms with Gasteiger partial charge in [0.1, 0.15) is 4.83 Å². The molecule has 0 unspecified atom stereocenters. The van der Waals surface area contributed by atoms with Crippen LogP contribution in [0.2, 0.25) is 0 Å². The predicted octanol–water partition coefficient (Wildman–Crippen LogP) is 4.40. The van der Waals surface area contributed by atoms with Crippen LogP contribution in [0.4, 0.5) is 5.69 Å². The third-order valence-electron chi connectivity index (χ3n) is 5.50. The van der Waals surface area contributed by atoms with Gasteiger partial charge in [-0.25, -0.2) is 4.98 Å². The van der Waals surface area contributed by atoms with Gasteiger partial charge in [-0.3, -0.25) is 14.2 Å². The number of fused-ring (bicyclic) bond motifs is 3. The monoisotopic (exact) mass is 452 g/mol. The molecule has 0 radical (unpaired) electrons. The SMILES string of the molecule is CCn1c(SCC(=O)N(CCC#N)c2ccccc2)nc2sc3c(c2c1=O)CCCC3. The molecule has 0 fully saturated rings. The maximum atomic E-state index is 13.2. The zero-order valence-electron chi connectivity index (χ0n) is 17.5. The molecule has 2 aromatic heterocycles. The van der Waals surface area contributed by atoms with Crippen molar-refractivity contribution in [3.63, 3.8) is 0 Å². The lowest BCUT2D eigenvalue weighted by Crippen LogP contribution is -2.33. The summed E-state index contributed by atoms with van der Waals surface area (Å²) in [6.45, 7) is 2.78. The maximum absolute atomic E-state index is 13.2. The van der Waals surface area contributed by atoms with Crippen LogP contribution in [0.15, 0.2) is 40.3 Å². The highest BCUT2D eigenvalue weighted by Crippen LogP contribution is 2.34. The molecule has 0 bridgehead atoms. The average Bonchev–Trinajstić information content (AvgIpc) is 3.17. The van der Waals surface area contributed by atoms with E-state index in [1.807, 2.05) is 37.3 Å². The van der Waals surface area contributed by atoms with E-state index in [-0.39, 0.29) is 23.6 Å². The highest BCUT2D eigenvalue weighted by molar-refractivity contribution is 7.99. The van der Waals surface area contributed by atoms with Gasteiger partial charge in [-0.2, -0.15) is 5.26 Å². The number of anilines is 1. The zero-order valence-corrected chi connectivity index (χ0v) is 19.1. The van der Waals surface area contributed by atoms with E-state index in [2.05, 4.69) is 6.07 Å². The average molecular weight is 453 g/mol. The molecular weight excluding hydrogens is 428 g/mol. The van der Waals surface area contributed by atoms with Crippen molar-refractivity contribution in [2.75, 3.05) is 17.2 Å². The summed E-state index contributed by atoms with van der Waals surface area (Å²) >= 11 is 2.92. The molecule has 1 aliphatic carbocycles. The molecule has 0 saturated heterocycles. The minimum absolute atomic E-state index is 0.00578. The molecule has 1 aromatic carbocycles. The summed E-state index contributed by atoms with van der Waals surface area (Å²) in [6.07, 6.45) is 4.51. The molecule has 160 valence electrons. The van der Waals surface area contributed by atoms with Gasteiger partial charge >= 0.3 is 0 Å². The van der Waals surface area contributed by atoms with Gasteiger partial charge in [0.2, 0.25) is 5.91 Å². The third-order valence-corrected chi connectivity index (χ3v) is 7.64. The van der Waals surface area contributed by atoms with Gasteiger partial charge in [-0.05, 0) is 50.3 Å². The van der Waals surface area contributed by atoms with E-state index in [9.17, 15) is 9.59 Å². The second kappa shape index (κ2) is 9.67. The van der Waals surface area contributed by atoms with Crippen molar-refractivity contribution >= 4 is 44.9 Å². The van der Waals surface area contributed by atoms with E-state index >= 15 is 0 Å². The Hall–Kier alpha value is -2.63. The van der Waals surface area contributed by atoms with E-state index in [1.165, 1.54) is 22.2 Å². The number of carbonyl (C=O) groups is 1. The number of hydrogen-bond donors (Lipinski definition) is 0. The molecule has 6 nitrogen and oxygen atoms in total. The number of para-hydroxylation sites is 1. The number of hydrogen-bond acceptors (Lipinski definition) is 6. The quantitative estimate of drug-likeness (QED) is 0.392. The number of rotatable bonds is 7. The Morgan fingerprint density at radius 1 is 1.29 bits per heavy atom. The van der Waals surface area contributed by atoms with Crippen molar-refractivity contribution in [2.45, 2.75) is 50.7 Å². The largest absolute Gasteiger partial charge is 0.311 e. The summed E-state index contributed by atoms with van der Waals surface area (Å²) in [5.74, 6) is 0.0533. The fourth-order valence-electron chi connectivity index (χ4n) is 3.98. The van der Waals surface area contributed by atoms with Crippen LogP contribution in [-0.4, -0.2) is 27.8 Å². The summed E-state index contributed by atoms with van der Waals surface area (Å²) in [7, 11) is 0. The van der Waals surface area contributed by atoms with Gasteiger partial charge < -0.3 is 4.90 Å². The minimum Gasteiger partial charge on any atom is -0.311 e. The maximum Gasteiger partial charge on any atom is 0.263 e. The molecule has 0 spiro atoms. The number of aromatic nitrogens is 2. The number of nitrogens with zero attached hydrogens (tertiary/aromatic N) is 4. The molecule has 4 rings (SSSR count). The first-order valence-corrected chi connectivity index (χ1v) is 12.3. The topological polar surface area (TPSA) is 79.0 Å². The van der Waals surface area contributed by atoms with Crippen molar-refractivity contribution < 1.29 is 4.79 Å². The number of aryl methyl sites for hydroxylation is 2. The van der Waals surface area contributed by atoms with E-state index in [4.69, 9.17) is 10.2 Å². The Morgan fingerprint density at radius 2 is 2.06 bits per heavy atom. The normalized spacial score (nSPS) is 13.0. The molecule has 8 heteroatoms. The summed E-state index contributed by atoms with van der Waals surface area (Å²) in [5, 5.41) is 10.3. The lowest BCUT2D eigenvalue weighted by Gasteiger charge is -2.21. The molecule has 3 aromatic rings. The van der Waals surface area contributed by atoms with Crippen molar-refractivity contribution in [1.82, 2.24) is 9.55 Å². The molecular formula is C23H24N4O2S2. The van der Waals surface area contributed by atoms with Crippen molar-refractivity contribution in [1.29, 1.82) is 5.26 Å². The number of thioether (sulfide) groups is 1. The van der Waals surface area contributed by atoms with Crippen LogP contribution in [-0.2, 0) is 24.2 Å². The van der Waals surface area contributed by atoms with Crippen LogP contribution in [0.3, 0.4) is 0 Å². The number of thiophene rings is 1. The Morgan fingerprint density at radius 3 is 2.81 bits per heavy atom. The lowest BCUT2D eigenvalue weighted by molar-refractivity contribution is -0.116. The summed E-state index contributed by atoms with van der Waals surface area (Å²) in [6, 6.07) is 11.5. The molecule has 0 saturated carbocycles. The first-order valence-electron chi connectivity index (χ1n) is 10.5. The molecule has 0 aliphatic heterocycles. The van der Waals surface area contributed by atoms with Gasteiger partial charge in [-0.15, -0.1) is 11.3 Å². The van der Waals surface area contributed by atoms with Crippen molar-refractivity contribution in [3.05, 3.63) is 51.1 Å². The van der Waals surface area contributed by atoms with Gasteiger partial charge in [-0.1, -0.05) is 30.0 Å². The third kappa shape index (κ3) is 4.39. The van der Waals surface area contributed by atoms with Crippen LogP contribution >= 0.6 is 23.1 Å². The lowest BCUT2D eigenvalue weighted by atomic mass is 9.97. The predicted molar refractivity (Wildman–Crippen MR) is 126 cm³/mol. The van der Waals surface area contributed by atoms with E-state index in [1.54, 1.807) is 20.8 Å². The minimum atomic E-state index is -0.103. The number of benzene rings is 1. The van der Waals surface area contributed by atoms with Crippen LogP contribution < -0.4 is 10.5 Å². The van der Waals surface area contributed by atoms with Crippen molar-refractivity contribution in [2.24, 2.45) is 0 Å². The fourth-order valence-corrected chi connectivity index (χ4v) is 6.22. The second-order valence-electron chi connectivity index (χ2n) is 7.41. The van der Waals surface area contributed by atoms with Gasteiger partial charge in [0.25, 0.3) is 5.56 Å². The summed E-state index contributed by atoms with van der Waals surface area (Å²) in [4.78, 5) is 34.8. The standard InChI is InChI=1S/C23H24N4O2S2/c1-2-26-22(29)20-17-11-6-7-12-18(17)31-21(20)25-23(26)30-15-19(28)27(14-8-13-24)16-9-4-3-5-10-16/h3-5,9-10H,2,6-8,11-12,14-15H2,1H3. The second-order valence-corrected chi connectivity index (χ2v) is 9.44. The Balaban J connectivity index is 1.61. The first kappa shape index (κ1) is 21.6. The van der Waals surface area contributed by atoms with Gasteiger partial charge in [0.15, 0.2) is 5.16 Å². The fraction of sp³-hybridized carbons (Fsp3) is 0.391. The van der Waals surface area contributed by atoms with Gasteiger partial charge in [0.05, 0.1) is 23.6 Å². The number of carbonyl (C=O) groups excluding carboxylic acids is 1. The molecule has 2 heterocycles. The van der Waals surface area contributed by atoms with Gasteiger partial charge in [0, 0.05) is 23.7 Å². The van der Waals surface area contributed by atoms with E-state index in [0.29, 0.717) is 18.2 Å². The van der Waals surface area contributed by atoms with Crippen LogP contribution in [0.5, 0.6) is 0 Å². The highest BCUT2D eigenvalue weighted by Gasteiger charge is 2.23. The highest BCUT2D eigenvalue weighted by atomic mass is 32.2. The zero-order chi connectivity index (χ0) is 21.8. The summed E-state index contributed by atoms with van der Waals surface area (Å²) < 4.78 is 1.68. The summed E-state index contributed by atoms with van der Waals surface area (Å²) in [5.41, 5.74) is 1.96. The number of amides is 1. The molecule has 31 heavy (non-hydrogen) atoms. The Kier molecular flexibility index (Phi) is 6.73. The van der Waals surface area contributed by atoms with E-state index < -0.39 is 0 Å². The van der Waals surface area contributed by atoms with Crippen LogP contribution in [0.1, 0.15) is 36.6 Å². The first-order chi connectivity index (χ1) is 15.1. The van der Waals surface area contributed by atoms with Crippen LogP contribution in [0.25, 0.3) is 10.2 Å². The van der Waals surface area contributed by atoms with Crippen molar-refractivity contribution in [3.8, 4) is 6.07 Å². The molecule has 1 aliphatic rings. The number of nitriles is 1. The molecule has 0 atom stereocenters. The van der Waals surface area contributed by atoms with E-state index in [0.717, 1.165) is 41.6 Å². The Bertz CT molecular complexity index is 1190. The molecule has 1 amide bonds. The Labute approximate surface area is 189 Å². The van der Waals surface area contributed by atoms with Crippen LogP contribution in [0, 0.1) is 11.3 Å². The molecule has 0 N–H and O–H groups in total.